The average Bonchev–Trinajstić information content (AvgIpc) is 1.59. The molecule has 0 atom stereocenters. The molecule has 9 aromatic carbocycles. The van der Waals surface area contributed by atoms with E-state index in [-0.39, 0.29) is 5.41 Å². The summed E-state index contributed by atoms with van der Waals surface area (Å²) in [5.74, 6) is 0. The van der Waals surface area contributed by atoms with Crippen LogP contribution in [0.5, 0.6) is 0 Å². The Kier molecular flexibility index (Phi) is 18.3. The first kappa shape index (κ1) is 62.1. The number of fused-ring (bicyclic) bond motifs is 12. The summed E-state index contributed by atoms with van der Waals surface area (Å²) in [6, 6.07) is 69.2. The molecule has 0 spiro atoms. The number of hydrogen-bond donors (Lipinski definition) is 0. The van der Waals surface area contributed by atoms with Crippen LogP contribution in [0.4, 0.5) is 17.1 Å². The summed E-state index contributed by atoms with van der Waals surface area (Å²) in [6.45, 7) is 15.7. The summed E-state index contributed by atoms with van der Waals surface area (Å²) >= 11 is 0. The van der Waals surface area contributed by atoms with E-state index >= 15 is 0 Å². The molecule has 0 N–H and O–H groups in total. The Labute approximate surface area is 537 Å². The van der Waals surface area contributed by atoms with Crippen LogP contribution in [0.3, 0.4) is 0 Å². The second kappa shape index (κ2) is 26.8. The zero-order valence-corrected chi connectivity index (χ0v) is 54.3. The van der Waals surface area contributed by atoms with Gasteiger partial charge < -0.3 is 47.4 Å². The largest absolute Gasteiger partial charge is 0.382 e. The van der Waals surface area contributed by atoms with Gasteiger partial charge in [-0.2, -0.15) is 0 Å². The first-order valence-electron chi connectivity index (χ1n) is 32.5. The Bertz CT molecular complexity index is 4070. The van der Waals surface area contributed by atoms with Crippen molar-refractivity contribution < 1.29 is 37.9 Å². The number of methoxy groups -OCH3 is 4. The Balaban J connectivity index is 0.954. The third-order valence-corrected chi connectivity index (χ3v) is 19.9. The van der Waals surface area contributed by atoms with Crippen LogP contribution in [-0.4, -0.2) is 112 Å². The molecular weight excluding hydrogens is 1130 g/mol. The van der Waals surface area contributed by atoms with E-state index in [2.05, 4.69) is 219 Å². The van der Waals surface area contributed by atoms with Gasteiger partial charge in [-0.25, -0.2) is 0 Å². The van der Waals surface area contributed by atoms with Gasteiger partial charge in [0.1, 0.15) is 0 Å². The number of aryl methyl sites for hydroxylation is 2. The normalized spacial score (nSPS) is 14.4. The number of para-hydroxylation sites is 1. The van der Waals surface area contributed by atoms with Crippen LogP contribution in [0.2, 0.25) is 0 Å². The van der Waals surface area contributed by atoms with Gasteiger partial charge in [0.05, 0.1) is 69.6 Å². The lowest BCUT2D eigenvalue weighted by Crippen LogP contribution is -2.30. The highest BCUT2D eigenvalue weighted by Crippen LogP contribution is 2.58. The van der Waals surface area contributed by atoms with Crippen molar-refractivity contribution in [1.29, 1.82) is 0 Å². The Morgan fingerprint density at radius 2 is 0.769 bits per heavy atom. The maximum absolute atomic E-state index is 6.39. The van der Waals surface area contributed by atoms with Gasteiger partial charge in [0.15, 0.2) is 0 Å². The highest BCUT2D eigenvalue weighted by molar-refractivity contribution is 6.11. The Morgan fingerprint density at radius 3 is 1.30 bits per heavy atom. The number of aromatic nitrogens is 1. The van der Waals surface area contributed by atoms with Gasteiger partial charge >= 0.3 is 0 Å². The molecule has 1 aromatic heterocycles. The third-order valence-electron chi connectivity index (χ3n) is 19.9. The number of nitrogens with zero attached hydrogens (tertiary/aromatic N) is 2. The zero-order valence-electron chi connectivity index (χ0n) is 54.3. The molecule has 468 valence electrons. The number of anilines is 3. The topological polar surface area (TPSA) is 82.0 Å². The monoisotopic (exact) mass is 1210 g/mol. The van der Waals surface area contributed by atoms with Crippen molar-refractivity contribution in [2.75, 3.05) is 113 Å². The molecule has 3 aliphatic carbocycles. The van der Waals surface area contributed by atoms with Gasteiger partial charge in [-0.15, -0.1) is 0 Å². The van der Waals surface area contributed by atoms with Crippen LogP contribution in [0.25, 0.3) is 72.0 Å². The van der Waals surface area contributed by atoms with E-state index in [4.69, 9.17) is 37.9 Å². The van der Waals surface area contributed by atoms with E-state index in [1.54, 1.807) is 28.4 Å². The van der Waals surface area contributed by atoms with Crippen molar-refractivity contribution in [3.63, 3.8) is 0 Å². The lowest BCUT2D eigenvalue weighted by atomic mass is 9.72. The summed E-state index contributed by atoms with van der Waals surface area (Å²) in [5, 5.41) is 2.45. The Morgan fingerprint density at radius 1 is 0.341 bits per heavy atom. The first-order valence-corrected chi connectivity index (χ1v) is 32.5. The molecule has 3 aliphatic rings. The minimum absolute atomic E-state index is 0.175. The van der Waals surface area contributed by atoms with Gasteiger partial charge in [-0.1, -0.05) is 146 Å². The summed E-state index contributed by atoms with van der Waals surface area (Å²) < 4.78 is 49.9. The van der Waals surface area contributed by atoms with E-state index in [0.717, 1.165) is 53.9 Å². The summed E-state index contributed by atoms with van der Waals surface area (Å²) in [6.07, 6.45) is 3.08. The van der Waals surface area contributed by atoms with Crippen molar-refractivity contribution in [3.05, 3.63) is 226 Å². The van der Waals surface area contributed by atoms with E-state index in [0.29, 0.717) is 79.3 Å². The molecule has 10 nitrogen and oxygen atoms in total. The SMILES string of the molecule is COCCOCCC1(CCOCCOC)c2cc(C)ccc2-c2ccc(N(c3ccc(-c4ccc5c(c4)c4ccccc4n5-c4cccc5c4C(C)(C)c4ccccc4-5)cc3)c3ccc4c(c3)C(CCOCCOC)(CCOCCOC)c3cc(C)ccc3-4)cc21. The maximum atomic E-state index is 6.39. The summed E-state index contributed by atoms with van der Waals surface area (Å²) in [7, 11) is 6.90. The smallest absolute Gasteiger partial charge is 0.0700 e. The van der Waals surface area contributed by atoms with Crippen molar-refractivity contribution in [3.8, 4) is 50.2 Å². The number of benzene rings is 9. The van der Waals surface area contributed by atoms with Crippen LogP contribution in [0, 0.1) is 13.8 Å². The number of ether oxygens (including phenoxy) is 8. The second-order valence-electron chi connectivity index (χ2n) is 25.5. The molecule has 0 saturated carbocycles. The summed E-state index contributed by atoms with van der Waals surface area (Å²) in [4.78, 5) is 2.48. The van der Waals surface area contributed by atoms with Gasteiger partial charge in [0, 0.05) is 98.9 Å². The van der Waals surface area contributed by atoms with Crippen LogP contribution < -0.4 is 4.90 Å². The van der Waals surface area contributed by atoms with Crippen LogP contribution >= 0.6 is 0 Å². The maximum Gasteiger partial charge on any atom is 0.0700 e. The minimum Gasteiger partial charge on any atom is -0.382 e. The van der Waals surface area contributed by atoms with Crippen LogP contribution in [0.1, 0.15) is 84.0 Å². The summed E-state index contributed by atoms with van der Waals surface area (Å²) in [5.41, 5.74) is 26.1. The minimum atomic E-state index is -0.413. The molecule has 0 aliphatic heterocycles. The highest BCUT2D eigenvalue weighted by atomic mass is 16.5. The lowest BCUT2D eigenvalue weighted by Gasteiger charge is -2.35. The number of hydrogen-bond acceptors (Lipinski definition) is 9. The fourth-order valence-corrected chi connectivity index (χ4v) is 15.4. The zero-order chi connectivity index (χ0) is 62.7. The van der Waals surface area contributed by atoms with Gasteiger partial charge in [-0.05, 0) is 178 Å². The van der Waals surface area contributed by atoms with Crippen molar-refractivity contribution in [2.24, 2.45) is 0 Å². The molecule has 13 rings (SSSR count). The van der Waals surface area contributed by atoms with E-state index in [9.17, 15) is 0 Å². The standard InChI is InChI=1S/C81H86N2O8/c1-55-20-29-63-65-31-27-60(53-73(65)80(71(63)50-55,34-38-88-46-42-84-5)35-39-89-47-43-85-6)82(61-28-32-66-64-30-21-56(2)51-72(64)81(74(66)54-61,36-40-90-48-44-86-7)37-41-91-49-45-87-8)59-25-22-57(23-26-59)58-24-33-76-69(52-58)67-15-10-12-18-75(67)83(76)77-19-13-16-68-62-14-9-11-17-70(62)79(3,4)78(68)77/h9-33,50-54H,34-49H2,1-8H3. The van der Waals surface area contributed by atoms with Crippen LogP contribution in [0.15, 0.2) is 182 Å². The fraction of sp³-hybridized carbons (Fsp3) is 0.333. The molecule has 0 amide bonds. The highest BCUT2D eigenvalue weighted by Gasteiger charge is 2.46. The van der Waals surface area contributed by atoms with Gasteiger partial charge in [0.25, 0.3) is 0 Å². The predicted molar refractivity (Wildman–Crippen MR) is 370 cm³/mol. The molecule has 10 aromatic rings. The molecule has 91 heavy (non-hydrogen) atoms. The van der Waals surface area contributed by atoms with Gasteiger partial charge in [0.2, 0.25) is 0 Å². The molecule has 0 radical (unpaired) electrons. The molecule has 0 unspecified atom stereocenters. The molecular formula is C81H86N2O8. The first-order chi connectivity index (χ1) is 44.5. The third kappa shape index (κ3) is 11.4. The van der Waals surface area contributed by atoms with Gasteiger partial charge in [-0.3, -0.25) is 0 Å². The molecule has 0 saturated heterocycles. The van der Waals surface area contributed by atoms with E-state index in [1.165, 1.54) is 105 Å². The number of rotatable bonds is 29. The quantitative estimate of drug-likeness (QED) is 0.0426. The molecule has 1 heterocycles. The van der Waals surface area contributed by atoms with Crippen molar-refractivity contribution in [2.45, 2.75) is 69.6 Å². The Hall–Kier alpha value is -7.74. The van der Waals surface area contributed by atoms with Crippen molar-refractivity contribution >= 4 is 38.9 Å². The van der Waals surface area contributed by atoms with E-state index < -0.39 is 10.8 Å². The fourth-order valence-electron chi connectivity index (χ4n) is 15.4. The average molecular weight is 1220 g/mol. The molecule has 0 fully saturated rings. The molecule has 10 heteroatoms. The predicted octanol–water partition coefficient (Wildman–Crippen LogP) is 17.6. The second-order valence-corrected chi connectivity index (χ2v) is 25.5. The van der Waals surface area contributed by atoms with E-state index in [1.807, 2.05) is 0 Å². The van der Waals surface area contributed by atoms with Crippen LogP contribution in [-0.2, 0) is 54.1 Å². The molecule has 0 bridgehead atoms. The van der Waals surface area contributed by atoms with Crippen molar-refractivity contribution in [1.82, 2.24) is 4.57 Å². The lowest BCUT2D eigenvalue weighted by molar-refractivity contribution is 0.0490.